The highest BCUT2D eigenvalue weighted by atomic mass is 79.9. The fourth-order valence-electron chi connectivity index (χ4n) is 5.60. The Kier molecular flexibility index (Phi) is 9.24. The van der Waals surface area contributed by atoms with Crippen molar-refractivity contribution in [3.8, 4) is 11.5 Å². The first-order chi connectivity index (χ1) is 22.2. The molecule has 1 aliphatic heterocycles. The molecule has 5 aromatic rings. The number of carbonyl (C=O) groups excluding carboxylic acids is 1. The molecule has 0 spiro atoms. The number of carbonyl (C=O) groups is 1. The molecule has 0 amide bonds. The van der Waals surface area contributed by atoms with Crippen LogP contribution in [0.2, 0.25) is 0 Å². The van der Waals surface area contributed by atoms with Gasteiger partial charge in [-0.2, -0.15) is 0 Å². The molecule has 2 heterocycles. The van der Waals surface area contributed by atoms with E-state index in [0.717, 1.165) is 21.0 Å². The van der Waals surface area contributed by atoms with E-state index in [1.54, 1.807) is 18.4 Å². The number of hydrogen-bond acceptors (Lipinski definition) is 7. The van der Waals surface area contributed by atoms with E-state index in [-0.39, 0.29) is 18.3 Å². The maximum atomic E-state index is 14.1. The van der Waals surface area contributed by atoms with Gasteiger partial charge >= 0.3 is 5.97 Å². The molecule has 1 aromatic heterocycles. The highest BCUT2D eigenvalue weighted by molar-refractivity contribution is 9.10. The third-order valence-corrected chi connectivity index (χ3v) is 9.21. The number of esters is 1. The van der Waals surface area contributed by atoms with Crippen LogP contribution >= 0.6 is 27.3 Å². The minimum absolute atomic E-state index is 0.106. The molecule has 0 N–H and O–H groups in total. The fraction of sp³-hybridized carbons (Fsp3) is 0.216. The summed E-state index contributed by atoms with van der Waals surface area (Å²) in [5.74, 6) is 0.782. The number of para-hydroxylation sites is 1. The average molecular weight is 698 g/mol. The number of rotatable bonds is 9. The van der Waals surface area contributed by atoms with E-state index in [2.05, 4.69) is 40.2 Å². The lowest BCUT2D eigenvalue weighted by Crippen LogP contribution is -2.40. The normalized spacial score (nSPS) is 14.7. The minimum atomic E-state index is -0.760. The van der Waals surface area contributed by atoms with Gasteiger partial charge in [0.2, 0.25) is 0 Å². The predicted molar refractivity (Wildman–Crippen MR) is 185 cm³/mol. The van der Waals surface area contributed by atoms with E-state index >= 15 is 0 Å². The average Bonchev–Trinajstić information content (AvgIpc) is 3.33. The van der Waals surface area contributed by atoms with Crippen LogP contribution < -0.4 is 24.4 Å². The Labute approximate surface area is 279 Å². The standard InChI is InChI=1S/C37H33BrN2O5S/c1-5-43-36(42)33-23(4)39-37-40(34(33)28-15-8-9-16-30(28)45-22(2)3)35(41)32(46-37)20-24-17-18-31(29(38)19-24)44-21-26-13-10-12-25-11-6-7-14-27(25)26/h6-20,22,34H,5,21H2,1-4H3/b32-20+/t34-/m1/s1. The Bertz CT molecular complexity index is 2160. The van der Waals surface area contributed by atoms with Crippen LogP contribution in [0.25, 0.3) is 16.8 Å². The van der Waals surface area contributed by atoms with Crippen LogP contribution in [-0.4, -0.2) is 23.2 Å². The smallest absolute Gasteiger partial charge is 0.338 e. The highest BCUT2D eigenvalue weighted by Gasteiger charge is 2.35. The Morgan fingerprint density at radius 1 is 1.02 bits per heavy atom. The monoisotopic (exact) mass is 696 g/mol. The Morgan fingerprint density at radius 2 is 1.78 bits per heavy atom. The van der Waals surface area contributed by atoms with E-state index < -0.39 is 12.0 Å². The Balaban J connectivity index is 1.37. The number of aromatic nitrogens is 1. The van der Waals surface area contributed by atoms with Gasteiger partial charge in [0.05, 0.1) is 33.0 Å². The second-order valence-electron chi connectivity index (χ2n) is 11.1. The first-order valence-electron chi connectivity index (χ1n) is 15.1. The number of thiazole rings is 1. The molecular weight excluding hydrogens is 664 g/mol. The molecule has 0 saturated carbocycles. The number of ether oxygens (including phenoxy) is 3. The number of nitrogens with zero attached hydrogens (tertiary/aromatic N) is 2. The summed E-state index contributed by atoms with van der Waals surface area (Å²) in [5, 5.41) is 2.33. The summed E-state index contributed by atoms with van der Waals surface area (Å²) in [7, 11) is 0. The van der Waals surface area contributed by atoms with Crippen molar-refractivity contribution in [2.75, 3.05) is 6.61 Å². The molecule has 6 rings (SSSR count). The van der Waals surface area contributed by atoms with E-state index in [1.165, 1.54) is 16.7 Å². The number of hydrogen-bond donors (Lipinski definition) is 0. The van der Waals surface area contributed by atoms with Crippen LogP contribution in [0.3, 0.4) is 0 Å². The van der Waals surface area contributed by atoms with Crippen molar-refractivity contribution in [3.05, 3.63) is 137 Å². The molecular formula is C37H33BrN2O5S. The van der Waals surface area contributed by atoms with E-state index in [0.29, 0.717) is 44.3 Å². The van der Waals surface area contributed by atoms with E-state index in [4.69, 9.17) is 19.2 Å². The second-order valence-corrected chi connectivity index (χ2v) is 13.0. The van der Waals surface area contributed by atoms with Crippen LogP contribution in [0.15, 0.2) is 110 Å². The second kappa shape index (κ2) is 13.5. The fourth-order valence-corrected chi connectivity index (χ4v) is 7.16. The molecule has 0 aliphatic carbocycles. The molecule has 7 nitrogen and oxygen atoms in total. The zero-order chi connectivity index (χ0) is 32.4. The van der Waals surface area contributed by atoms with Crippen molar-refractivity contribution in [1.29, 1.82) is 0 Å². The lowest BCUT2D eigenvalue weighted by molar-refractivity contribution is -0.139. The maximum absolute atomic E-state index is 14.1. The largest absolute Gasteiger partial charge is 0.491 e. The van der Waals surface area contributed by atoms with Crippen molar-refractivity contribution >= 4 is 50.1 Å². The van der Waals surface area contributed by atoms with Crippen molar-refractivity contribution < 1.29 is 19.0 Å². The van der Waals surface area contributed by atoms with Crippen molar-refractivity contribution in [2.24, 2.45) is 4.99 Å². The predicted octanol–water partition coefficient (Wildman–Crippen LogP) is 7.08. The summed E-state index contributed by atoms with van der Waals surface area (Å²) in [6.07, 6.45) is 1.73. The SMILES string of the molecule is CCOC(=O)C1=C(C)N=c2s/c(=C/c3ccc(OCc4cccc5ccccc45)c(Br)c3)c(=O)n2[C@@H]1c1ccccc1OC(C)C. The molecule has 1 aliphatic rings. The van der Waals surface area contributed by atoms with Crippen molar-refractivity contribution in [2.45, 2.75) is 46.4 Å². The van der Waals surface area contributed by atoms with Gasteiger partial charge in [0.25, 0.3) is 5.56 Å². The summed E-state index contributed by atoms with van der Waals surface area (Å²) in [4.78, 5) is 32.6. The lowest BCUT2D eigenvalue weighted by atomic mass is 9.95. The minimum Gasteiger partial charge on any atom is -0.491 e. The molecule has 0 bridgehead atoms. The van der Waals surface area contributed by atoms with Crippen molar-refractivity contribution in [1.82, 2.24) is 4.57 Å². The number of benzene rings is 4. The molecule has 0 radical (unpaired) electrons. The van der Waals surface area contributed by atoms with Gasteiger partial charge in [-0.3, -0.25) is 9.36 Å². The maximum Gasteiger partial charge on any atom is 0.338 e. The zero-order valence-corrected chi connectivity index (χ0v) is 28.4. The summed E-state index contributed by atoms with van der Waals surface area (Å²) >= 11 is 4.94. The van der Waals surface area contributed by atoms with Crippen LogP contribution in [0, 0.1) is 0 Å². The Hall–Kier alpha value is -4.47. The van der Waals surface area contributed by atoms with E-state index in [9.17, 15) is 9.59 Å². The van der Waals surface area contributed by atoms with Crippen molar-refractivity contribution in [3.63, 3.8) is 0 Å². The van der Waals surface area contributed by atoms with Crippen LogP contribution in [0.5, 0.6) is 11.5 Å². The van der Waals surface area contributed by atoms with Gasteiger partial charge < -0.3 is 14.2 Å². The molecule has 4 aromatic carbocycles. The molecule has 9 heteroatoms. The van der Waals surface area contributed by atoms with E-state index in [1.807, 2.05) is 80.6 Å². The first kappa shape index (κ1) is 31.5. The summed E-state index contributed by atoms with van der Waals surface area (Å²) in [5.41, 5.74) is 3.17. The van der Waals surface area contributed by atoms with Gasteiger partial charge in [0.1, 0.15) is 24.1 Å². The number of allylic oxidation sites excluding steroid dienone is 1. The van der Waals surface area contributed by atoms with Gasteiger partial charge in [-0.15, -0.1) is 0 Å². The Morgan fingerprint density at radius 3 is 2.57 bits per heavy atom. The van der Waals surface area contributed by atoms with Crippen LogP contribution in [0.1, 0.15) is 50.4 Å². The van der Waals surface area contributed by atoms with Crippen LogP contribution in [0.4, 0.5) is 0 Å². The summed E-state index contributed by atoms with van der Waals surface area (Å²) in [6.45, 7) is 8.03. The molecule has 46 heavy (non-hydrogen) atoms. The number of halogens is 1. The molecule has 0 unspecified atom stereocenters. The molecule has 1 atom stereocenters. The van der Waals surface area contributed by atoms with Gasteiger partial charge in [0.15, 0.2) is 4.80 Å². The molecule has 0 saturated heterocycles. The highest BCUT2D eigenvalue weighted by Crippen LogP contribution is 2.36. The third-order valence-electron chi connectivity index (χ3n) is 7.61. The van der Waals surface area contributed by atoms with Gasteiger partial charge in [-0.25, -0.2) is 9.79 Å². The summed E-state index contributed by atoms with van der Waals surface area (Å²) in [6, 6.07) is 26.9. The van der Waals surface area contributed by atoms with Gasteiger partial charge in [-0.05, 0) is 89.8 Å². The first-order valence-corrected chi connectivity index (χ1v) is 16.7. The molecule has 0 fully saturated rings. The topological polar surface area (TPSA) is 79.1 Å². The molecule has 234 valence electrons. The zero-order valence-electron chi connectivity index (χ0n) is 26.0. The number of fused-ring (bicyclic) bond motifs is 2. The quantitative estimate of drug-likeness (QED) is 0.154. The lowest BCUT2D eigenvalue weighted by Gasteiger charge is -2.26. The summed E-state index contributed by atoms with van der Waals surface area (Å²) < 4.78 is 20.6. The third kappa shape index (κ3) is 6.30. The van der Waals surface area contributed by atoms with Gasteiger partial charge in [-0.1, -0.05) is 78.1 Å². The van der Waals surface area contributed by atoms with Gasteiger partial charge in [0, 0.05) is 5.56 Å². The van der Waals surface area contributed by atoms with Crippen LogP contribution in [-0.2, 0) is 16.1 Å².